The third-order valence-corrected chi connectivity index (χ3v) is 2.51. The molecule has 3 rings (SSSR count). The predicted molar refractivity (Wildman–Crippen MR) is 66.3 cm³/mol. The Bertz CT molecular complexity index is 564. The molecule has 0 atom stereocenters. The van der Waals surface area contributed by atoms with Crippen molar-refractivity contribution in [3.8, 4) is 22.5 Å². The number of benzene rings is 1. The maximum Gasteiger partial charge on any atom is 0.162 e. The summed E-state index contributed by atoms with van der Waals surface area (Å²) in [7, 11) is 0. The molecule has 3 aromatic rings. The number of hydrogen-bond acceptors (Lipinski definition) is 5. The van der Waals surface area contributed by atoms with Gasteiger partial charge in [-0.3, -0.25) is 0 Å². The second-order valence-corrected chi connectivity index (χ2v) is 3.70. The lowest BCUT2D eigenvalue weighted by Crippen LogP contribution is -1.92. The van der Waals surface area contributed by atoms with E-state index in [0.717, 1.165) is 16.7 Å². The molecule has 0 aliphatic rings. The van der Waals surface area contributed by atoms with Gasteiger partial charge in [0.15, 0.2) is 5.82 Å². The van der Waals surface area contributed by atoms with Crippen LogP contribution in [0.15, 0.2) is 55.1 Å². The van der Waals surface area contributed by atoms with Crippen molar-refractivity contribution in [3.05, 3.63) is 55.1 Å². The van der Waals surface area contributed by atoms with Crippen LogP contribution in [0.4, 0.5) is 0 Å². The van der Waals surface area contributed by atoms with E-state index >= 15 is 0 Å². The van der Waals surface area contributed by atoms with E-state index in [1.54, 1.807) is 24.8 Å². The molecular weight excluding hydrogens is 226 g/mol. The highest BCUT2D eigenvalue weighted by Crippen LogP contribution is 2.18. The Kier molecular flexibility index (Phi) is 2.71. The lowest BCUT2D eigenvalue weighted by molar-refractivity contribution is 0.864. The third kappa shape index (κ3) is 2.06. The summed E-state index contributed by atoms with van der Waals surface area (Å²) in [5.74, 6) is 0.595. The van der Waals surface area contributed by atoms with Gasteiger partial charge in [0.25, 0.3) is 0 Å². The highest BCUT2D eigenvalue weighted by Gasteiger charge is 2.03. The first kappa shape index (κ1) is 10.5. The molecule has 0 N–H and O–H groups in total. The summed E-state index contributed by atoms with van der Waals surface area (Å²) >= 11 is 0. The van der Waals surface area contributed by atoms with Crippen LogP contribution in [-0.4, -0.2) is 25.4 Å². The Labute approximate surface area is 104 Å². The molecule has 5 nitrogen and oxygen atoms in total. The summed E-state index contributed by atoms with van der Waals surface area (Å²) in [6, 6.07) is 9.99. The van der Waals surface area contributed by atoms with Gasteiger partial charge in [-0.1, -0.05) is 30.3 Å². The molecule has 0 radical (unpaired) electrons. The lowest BCUT2D eigenvalue weighted by Gasteiger charge is -2.01. The van der Waals surface area contributed by atoms with E-state index < -0.39 is 0 Å². The number of hydrogen-bond donors (Lipinski definition) is 0. The second-order valence-electron chi connectivity index (χ2n) is 3.70. The molecule has 0 bridgehead atoms. The highest BCUT2D eigenvalue weighted by molar-refractivity contribution is 5.62. The summed E-state index contributed by atoms with van der Waals surface area (Å²) in [4.78, 5) is 8.61. The molecule has 0 amide bonds. The average molecular weight is 235 g/mol. The molecule has 86 valence electrons. The number of rotatable bonds is 2. The maximum absolute atomic E-state index is 4.31. The van der Waals surface area contributed by atoms with E-state index in [1.807, 2.05) is 30.3 Å². The first-order chi connectivity index (χ1) is 8.93. The zero-order valence-corrected chi connectivity index (χ0v) is 9.43. The zero-order valence-electron chi connectivity index (χ0n) is 9.43. The molecule has 0 spiro atoms. The Morgan fingerprint density at radius 3 is 1.94 bits per heavy atom. The maximum atomic E-state index is 4.31. The van der Waals surface area contributed by atoms with Crippen molar-refractivity contribution in [2.24, 2.45) is 0 Å². The zero-order chi connectivity index (χ0) is 12.2. The molecular formula is C13H9N5. The van der Waals surface area contributed by atoms with Crippen LogP contribution in [0.2, 0.25) is 0 Å². The Balaban J connectivity index is 1.95. The Hall–Kier alpha value is -2.69. The van der Waals surface area contributed by atoms with E-state index in [9.17, 15) is 0 Å². The lowest BCUT2D eigenvalue weighted by atomic mass is 10.1. The predicted octanol–water partition coefficient (Wildman–Crippen LogP) is 2.00. The largest absolute Gasteiger partial charge is 0.236 e. The van der Waals surface area contributed by atoms with Gasteiger partial charge in [0.1, 0.15) is 0 Å². The molecule has 0 saturated heterocycles. The van der Waals surface area contributed by atoms with Crippen molar-refractivity contribution in [3.63, 3.8) is 0 Å². The fourth-order valence-electron chi connectivity index (χ4n) is 1.61. The Morgan fingerprint density at radius 1 is 0.611 bits per heavy atom. The number of nitrogens with zero attached hydrogens (tertiary/aromatic N) is 5. The average Bonchev–Trinajstić information content (AvgIpc) is 2.49. The molecule has 0 unspecified atom stereocenters. The van der Waals surface area contributed by atoms with Gasteiger partial charge in [0, 0.05) is 18.0 Å². The first-order valence-corrected chi connectivity index (χ1v) is 5.45. The van der Waals surface area contributed by atoms with E-state index in [1.165, 1.54) is 0 Å². The third-order valence-electron chi connectivity index (χ3n) is 2.51. The summed E-state index contributed by atoms with van der Waals surface area (Å²) in [5.41, 5.74) is 2.83. The molecule has 0 aliphatic heterocycles. The molecule has 5 heteroatoms. The van der Waals surface area contributed by atoms with E-state index in [0.29, 0.717) is 5.82 Å². The van der Waals surface area contributed by atoms with Crippen molar-refractivity contribution in [1.82, 2.24) is 25.4 Å². The summed E-state index contributed by atoms with van der Waals surface area (Å²) < 4.78 is 0. The summed E-state index contributed by atoms with van der Waals surface area (Å²) in [6.45, 7) is 0. The topological polar surface area (TPSA) is 64.5 Å². The standard InChI is InChI=1S/C13H9N5/c1-2-4-10(5-3-1)11-6-14-13(15-7-11)12-8-16-18-17-9-12/h1-9H. The molecule has 1 aromatic carbocycles. The van der Waals surface area contributed by atoms with Crippen molar-refractivity contribution in [1.29, 1.82) is 0 Å². The van der Waals surface area contributed by atoms with Gasteiger partial charge >= 0.3 is 0 Å². The van der Waals surface area contributed by atoms with Crippen LogP contribution in [0, 0.1) is 0 Å². The van der Waals surface area contributed by atoms with Crippen LogP contribution in [0.1, 0.15) is 0 Å². The van der Waals surface area contributed by atoms with E-state index in [4.69, 9.17) is 0 Å². The SMILES string of the molecule is c1ccc(-c2cnc(-c3cnnnc3)nc2)cc1. The van der Waals surface area contributed by atoms with Crippen molar-refractivity contribution < 1.29 is 0 Å². The van der Waals surface area contributed by atoms with Crippen molar-refractivity contribution >= 4 is 0 Å². The smallest absolute Gasteiger partial charge is 0.162 e. The second kappa shape index (κ2) is 4.67. The van der Waals surface area contributed by atoms with Crippen LogP contribution in [0.5, 0.6) is 0 Å². The van der Waals surface area contributed by atoms with Gasteiger partial charge in [0.2, 0.25) is 0 Å². The van der Waals surface area contributed by atoms with Crippen LogP contribution in [0.25, 0.3) is 22.5 Å². The molecule has 18 heavy (non-hydrogen) atoms. The van der Waals surface area contributed by atoms with Gasteiger partial charge < -0.3 is 0 Å². The highest BCUT2D eigenvalue weighted by atomic mass is 15.3. The molecule has 0 aliphatic carbocycles. The van der Waals surface area contributed by atoms with Gasteiger partial charge in [-0.25, -0.2) is 9.97 Å². The minimum absolute atomic E-state index is 0.595. The molecule has 2 aromatic heterocycles. The summed E-state index contributed by atoms with van der Waals surface area (Å²) in [6.07, 6.45) is 6.76. The van der Waals surface area contributed by atoms with Crippen molar-refractivity contribution in [2.45, 2.75) is 0 Å². The van der Waals surface area contributed by atoms with Gasteiger partial charge in [-0.05, 0) is 10.8 Å². The van der Waals surface area contributed by atoms with Crippen molar-refractivity contribution in [2.75, 3.05) is 0 Å². The van der Waals surface area contributed by atoms with Crippen LogP contribution in [-0.2, 0) is 0 Å². The minimum Gasteiger partial charge on any atom is -0.236 e. The monoisotopic (exact) mass is 235 g/mol. The van der Waals surface area contributed by atoms with Gasteiger partial charge in [-0.2, -0.15) is 0 Å². The fraction of sp³-hybridized carbons (Fsp3) is 0. The first-order valence-electron chi connectivity index (χ1n) is 5.45. The molecule has 2 heterocycles. The van der Waals surface area contributed by atoms with Crippen LogP contribution < -0.4 is 0 Å². The van der Waals surface area contributed by atoms with E-state index in [-0.39, 0.29) is 0 Å². The number of aromatic nitrogens is 5. The van der Waals surface area contributed by atoms with Crippen LogP contribution in [0.3, 0.4) is 0 Å². The molecule has 0 fully saturated rings. The fourth-order valence-corrected chi connectivity index (χ4v) is 1.61. The van der Waals surface area contributed by atoms with E-state index in [2.05, 4.69) is 25.4 Å². The van der Waals surface area contributed by atoms with Gasteiger partial charge in [-0.15, -0.1) is 10.2 Å². The minimum atomic E-state index is 0.595. The van der Waals surface area contributed by atoms with Gasteiger partial charge in [0.05, 0.1) is 18.0 Å². The Morgan fingerprint density at radius 2 is 1.28 bits per heavy atom. The normalized spacial score (nSPS) is 10.2. The summed E-state index contributed by atoms with van der Waals surface area (Å²) in [5, 5.41) is 10.9. The molecule has 0 saturated carbocycles. The quantitative estimate of drug-likeness (QED) is 0.679. The van der Waals surface area contributed by atoms with Crippen LogP contribution >= 0.6 is 0 Å².